The van der Waals surface area contributed by atoms with E-state index in [2.05, 4.69) is 30.9 Å². The maximum absolute atomic E-state index is 2.70. The summed E-state index contributed by atoms with van der Waals surface area (Å²) in [5.74, 6) is 1.68. The van der Waals surface area contributed by atoms with E-state index >= 15 is 0 Å². The number of hydrogen-bond donors (Lipinski definition) is 0. The molecule has 2 rings (SSSR count). The zero-order valence-electron chi connectivity index (χ0n) is 9.58. The summed E-state index contributed by atoms with van der Waals surface area (Å²) in [7, 11) is 0. The predicted molar refractivity (Wildman–Crippen MR) is 61.3 cm³/mol. The molecule has 1 saturated carbocycles. The van der Waals surface area contributed by atoms with Crippen LogP contribution in [0.1, 0.15) is 39.5 Å². The Kier molecular flexibility index (Phi) is 3.27. The Morgan fingerprint density at radius 2 is 1.93 bits per heavy atom. The zero-order valence-corrected chi connectivity index (χ0v) is 9.58. The molecular formula is C13H23N. The molecule has 1 fully saturated rings. The van der Waals surface area contributed by atoms with Gasteiger partial charge in [0, 0.05) is 19.1 Å². The Labute approximate surface area is 88.2 Å². The first kappa shape index (κ1) is 10.2. The Balaban J connectivity index is 1.96. The third kappa shape index (κ3) is 2.20. The third-order valence-corrected chi connectivity index (χ3v) is 3.86. The highest BCUT2D eigenvalue weighted by Crippen LogP contribution is 2.29. The molecule has 80 valence electrons. The maximum Gasteiger partial charge on any atom is 0.0166 e. The summed E-state index contributed by atoms with van der Waals surface area (Å²) in [6, 6.07) is 0.871. The average molecular weight is 193 g/mol. The van der Waals surface area contributed by atoms with Crippen LogP contribution in [0.4, 0.5) is 0 Å². The van der Waals surface area contributed by atoms with Crippen LogP contribution >= 0.6 is 0 Å². The number of hydrogen-bond acceptors (Lipinski definition) is 1. The Morgan fingerprint density at radius 1 is 1.14 bits per heavy atom. The van der Waals surface area contributed by atoms with Gasteiger partial charge < -0.3 is 0 Å². The van der Waals surface area contributed by atoms with E-state index in [1.807, 2.05) is 0 Å². The topological polar surface area (TPSA) is 3.24 Å². The molecule has 1 aliphatic carbocycles. The summed E-state index contributed by atoms with van der Waals surface area (Å²) in [4.78, 5) is 2.70. The smallest absolute Gasteiger partial charge is 0.0166 e. The second kappa shape index (κ2) is 4.48. The standard InChI is InChI=1S/C13H23N/c1-11-6-5-9-14(10-11)13-8-4-3-7-12(13)2/h5-6,11-13H,3-4,7-10H2,1-2H3. The van der Waals surface area contributed by atoms with Crippen LogP contribution in [0.3, 0.4) is 0 Å². The van der Waals surface area contributed by atoms with Crippen molar-refractivity contribution in [3.63, 3.8) is 0 Å². The van der Waals surface area contributed by atoms with Gasteiger partial charge in [0.1, 0.15) is 0 Å². The van der Waals surface area contributed by atoms with Crippen molar-refractivity contribution in [3.05, 3.63) is 12.2 Å². The molecule has 0 N–H and O–H groups in total. The van der Waals surface area contributed by atoms with Gasteiger partial charge in [0.15, 0.2) is 0 Å². The fourth-order valence-corrected chi connectivity index (χ4v) is 3.04. The van der Waals surface area contributed by atoms with Gasteiger partial charge in [-0.15, -0.1) is 0 Å². The molecule has 1 aliphatic heterocycles. The Bertz CT molecular complexity index is 209. The minimum Gasteiger partial charge on any atom is -0.296 e. The van der Waals surface area contributed by atoms with E-state index in [1.165, 1.54) is 38.8 Å². The van der Waals surface area contributed by atoms with E-state index in [-0.39, 0.29) is 0 Å². The summed E-state index contributed by atoms with van der Waals surface area (Å²) in [5.41, 5.74) is 0. The lowest BCUT2D eigenvalue weighted by Crippen LogP contribution is -2.44. The second-order valence-electron chi connectivity index (χ2n) is 5.19. The molecule has 0 saturated heterocycles. The van der Waals surface area contributed by atoms with Crippen molar-refractivity contribution in [1.29, 1.82) is 0 Å². The first-order chi connectivity index (χ1) is 6.77. The fourth-order valence-electron chi connectivity index (χ4n) is 3.04. The van der Waals surface area contributed by atoms with Crippen LogP contribution < -0.4 is 0 Å². The van der Waals surface area contributed by atoms with Gasteiger partial charge in [-0.3, -0.25) is 4.90 Å². The third-order valence-electron chi connectivity index (χ3n) is 3.86. The summed E-state index contributed by atoms with van der Waals surface area (Å²) < 4.78 is 0. The normalized spacial score (nSPS) is 40.0. The van der Waals surface area contributed by atoms with Crippen molar-refractivity contribution < 1.29 is 0 Å². The van der Waals surface area contributed by atoms with Crippen LogP contribution in [-0.4, -0.2) is 24.0 Å². The van der Waals surface area contributed by atoms with Gasteiger partial charge in [-0.1, -0.05) is 38.8 Å². The van der Waals surface area contributed by atoms with Crippen molar-refractivity contribution in [2.24, 2.45) is 11.8 Å². The molecule has 0 aromatic carbocycles. The molecule has 1 heteroatoms. The van der Waals surface area contributed by atoms with Gasteiger partial charge >= 0.3 is 0 Å². The largest absolute Gasteiger partial charge is 0.296 e. The highest BCUT2D eigenvalue weighted by atomic mass is 15.2. The highest BCUT2D eigenvalue weighted by Gasteiger charge is 2.27. The van der Waals surface area contributed by atoms with Crippen molar-refractivity contribution >= 4 is 0 Å². The fraction of sp³-hybridized carbons (Fsp3) is 0.846. The lowest BCUT2D eigenvalue weighted by atomic mass is 9.84. The molecule has 1 nitrogen and oxygen atoms in total. The highest BCUT2D eigenvalue weighted by molar-refractivity contribution is 4.98. The molecule has 0 amide bonds. The number of nitrogens with zero attached hydrogens (tertiary/aromatic N) is 1. The molecule has 1 heterocycles. The summed E-state index contributed by atoms with van der Waals surface area (Å²) in [6.45, 7) is 7.24. The van der Waals surface area contributed by atoms with Crippen LogP contribution in [0.5, 0.6) is 0 Å². The van der Waals surface area contributed by atoms with E-state index in [1.54, 1.807) is 0 Å². The van der Waals surface area contributed by atoms with Gasteiger partial charge in [-0.2, -0.15) is 0 Å². The van der Waals surface area contributed by atoms with Crippen molar-refractivity contribution in [3.8, 4) is 0 Å². The van der Waals surface area contributed by atoms with E-state index in [0.29, 0.717) is 0 Å². The van der Waals surface area contributed by atoms with Crippen LogP contribution in [0.25, 0.3) is 0 Å². The van der Waals surface area contributed by atoms with Crippen molar-refractivity contribution in [2.75, 3.05) is 13.1 Å². The first-order valence-corrected chi connectivity index (χ1v) is 6.18. The first-order valence-electron chi connectivity index (χ1n) is 6.18. The monoisotopic (exact) mass is 193 g/mol. The minimum absolute atomic E-state index is 0.762. The van der Waals surface area contributed by atoms with E-state index < -0.39 is 0 Å². The molecule has 3 unspecified atom stereocenters. The van der Waals surface area contributed by atoms with Crippen LogP contribution in [-0.2, 0) is 0 Å². The molecular weight excluding hydrogens is 170 g/mol. The summed E-state index contributed by atoms with van der Waals surface area (Å²) in [6.07, 6.45) is 10.5. The number of rotatable bonds is 1. The van der Waals surface area contributed by atoms with E-state index in [4.69, 9.17) is 0 Å². The maximum atomic E-state index is 2.70. The van der Waals surface area contributed by atoms with E-state index in [9.17, 15) is 0 Å². The van der Waals surface area contributed by atoms with Gasteiger partial charge in [0.05, 0.1) is 0 Å². The Hall–Kier alpha value is -0.300. The predicted octanol–water partition coefficient (Wildman–Crippen LogP) is 3.07. The van der Waals surface area contributed by atoms with Crippen LogP contribution in [0, 0.1) is 11.8 Å². The lowest BCUT2D eigenvalue weighted by molar-refractivity contribution is 0.110. The van der Waals surface area contributed by atoms with Gasteiger partial charge in [0.2, 0.25) is 0 Å². The van der Waals surface area contributed by atoms with Gasteiger partial charge in [-0.25, -0.2) is 0 Å². The molecule has 0 aromatic rings. The quantitative estimate of drug-likeness (QED) is 0.578. The second-order valence-corrected chi connectivity index (χ2v) is 5.19. The molecule has 0 aromatic heterocycles. The molecule has 14 heavy (non-hydrogen) atoms. The molecule has 2 aliphatic rings. The summed E-state index contributed by atoms with van der Waals surface area (Å²) in [5, 5.41) is 0. The van der Waals surface area contributed by atoms with Crippen molar-refractivity contribution in [2.45, 2.75) is 45.6 Å². The molecule has 0 radical (unpaired) electrons. The summed E-state index contributed by atoms with van der Waals surface area (Å²) >= 11 is 0. The minimum atomic E-state index is 0.762. The molecule has 3 atom stereocenters. The average Bonchev–Trinajstić information content (AvgIpc) is 2.18. The Morgan fingerprint density at radius 3 is 2.64 bits per heavy atom. The molecule has 0 spiro atoms. The van der Waals surface area contributed by atoms with Gasteiger partial charge in [-0.05, 0) is 24.7 Å². The van der Waals surface area contributed by atoms with Crippen LogP contribution in [0.2, 0.25) is 0 Å². The SMILES string of the molecule is CC1C=CCN(C2CCCCC2C)C1. The molecule has 0 bridgehead atoms. The van der Waals surface area contributed by atoms with Crippen molar-refractivity contribution in [1.82, 2.24) is 4.90 Å². The zero-order chi connectivity index (χ0) is 9.97. The van der Waals surface area contributed by atoms with Crippen LogP contribution in [0.15, 0.2) is 12.2 Å². The van der Waals surface area contributed by atoms with Gasteiger partial charge in [0.25, 0.3) is 0 Å². The van der Waals surface area contributed by atoms with E-state index in [0.717, 1.165) is 17.9 Å². The lowest BCUT2D eigenvalue weighted by Gasteiger charge is -2.40.